The van der Waals surface area contributed by atoms with Gasteiger partial charge in [-0.25, -0.2) is 17.5 Å². The summed E-state index contributed by atoms with van der Waals surface area (Å²) in [5.74, 6) is -0.410. The molecule has 28 heavy (non-hydrogen) atoms. The molecule has 1 aliphatic carbocycles. The molecule has 2 aromatic carbocycles. The van der Waals surface area contributed by atoms with Gasteiger partial charge in [-0.15, -0.1) is 0 Å². The third kappa shape index (κ3) is 3.95. The predicted octanol–water partition coefficient (Wildman–Crippen LogP) is 3.18. The highest BCUT2D eigenvalue weighted by molar-refractivity contribution is 7.89. The molecule has 4 rings (SSSR count). The molecule has 0 spiro atoms. The van der Waals surface area contributed by atoms with E-state index in [0.717, 1.165) is 42.5 Å². The van der Waals surface area contributed by atoms with Crippen molar-refractivity contribution in [1.82, 2.24) is 4.72 Å². The summed E-state index contributed by atoms with van der Waals surface area (Å²) in [5.41, 5.74) is 2.37. The van der Waals surface area contributed by atoms with Gasteiger partial charge < -0.3 is 4.90 Å². The molecular weight excluding hydrogens is 379 g/mol. The Bertz CT molecular complexity index is 983. The number of anilines is 1. The van der Waals surface area contributed by atoms with Crippen LogP contribution >= 0.6 is 0 Å². The Morgan fingerprint density at radius 3 is 2.54 bits per heavy atom. The molecule has 1 amide bonds. The molecule has 2 aromatic rings. The molecule has 0 unspecified atom stereocenters. The Balaban J connectivity index is 1.49. The van der Waals surface area contributed by atoms with Crippen molar-refractivity contribution in [3.05, 3.63) is 59.4 Å². The van der Waals surface area contributed by atoms with Crippen LogP contribution in [0.4, 0.5) is 10.1 Å². The molecule has 1 fully saturated rings. The van der Waals surface area contributed by atoms with Gasteiger partial charge in [0.15, 0.2) is 0 Å². The predicted molar refractivity (Wildman–Crippen MR) is 105 cm³/mol. The number of sulfonamides is 1. The van der Waals surface area contributed by atoms with E-state index in [4.69, 9.17) is 0 Å². The third-order valence-electron chi connectivity index (χ3n) is 5.50. The van der Waals surface area contributed by atoms with Crippen LogP contribution in [0.15, 0.2) is 47.4 Å². The van der Waals surface area contributed by atoms with E-state index < -0.39 is 10.0 Å². The minimum atomic E-state index is -3.54. The van der Waals surface area contributed by atoms with Gasteiger partial charge in [0.05, 0.1) is 11.3 Å². The number of nitrogens with zero attached hydrogens (tertiary/aromatic N) is 1. The first-order valence-corrected chi connectivity index (χ1v) is 11.1. The average molecular weight is 402 g/mol. The number of amides is 1. The van der Waals surface area contributed by atoms with Crippen molar-refractivity contribution < 1.29 is 17.6 Å². The SMILES string of the molecule is O=C(Cc1ccc(F)cc1)N1CCc2cc(S(=O)(=O)NC3CCCC3)ccc21. The zero-order valence-electron chi connectivity index (χ0n) is 15.5. The molecule has 0 atom stereocenters. The highest BCUT2D eigenvalue weighted by Gasteiger charge is 2.28. The number of halogens is 1. The first-order valence-electron chi connectivity index (χ1n) is 9.62. The van der Waals surface area contributed by atoms with Gasteiger partial charge in [0.25, 0.3) is 0 Å². The van der Waals surface area contributed by atoms with Gasteiger partial charge in [-0.1, -0.05) is 25.0 Å². The molecule has 2 aliphatic rings. The second-order valence-electron chi connectivity index (χ2n) is 7.49. The van der Waals surface area contributed by atoms with E-state index in [1.54, 1.807) is 35.2 Å². The van der Waals surface area contributed by atoms with Crippen LogP contribution in [0.3, 0.4) is 0 Å². The quantitative estimate of drug-likeness (QED) is 0.835. The number of hydrogen-bond donors (Lipinski definition) is 1. The van der Waals surface area contributed by atoms with E-state index in [0.29, 0.717) is 13.0 Å². The largest absolute Gasteiger partial charge is 0.312 e. The van der Waals surface area contributed by atoms with Crippen molar-refractivity contribution in [2.75, 3.05) is 11.4 Å². The lowest BCUT2D eigenvalue weighted by atomic mass is 10.1. The highest BCUT2D eigenvalue weighted by atomic mass is 32.2. The van der Waals surface area contributed by atoms with Gasteiger partial charge >= 0.3 is 0 Å². The fourth-order valence-electron chi connectivity index (χ4n) is 4.01. The maximum absolute atomic E-state index is 13.0. The summed E-state index contributed by atoms with van der Waals surface area (Å²) in [6.07, 6.45) is 4.69. The third-order valence-corrected chi connectivity index (χ3v) is 7.02. The Labute approximate surface area is 164 Å². The number of fused-ring (bicyclic) bond motifs is 1. The summed E-state index contributed by atoms with van der Waals surface area (Å²) >= 11 is 0. The molecule has 5 nitrogen and oxygen atoms in total. The van der Waals surface area contributed by atoms with Crippen LogP contribution in [-0.4, -0.2) is 26.9 Å². The first-order chi connectivity index (χ1) is 13.4. The lowest BCUT2D eigenvalue weighted by Crippen LogP contribution is -2.32. The van der Waals surface area contributed by atoms with Gasteiger partial charge in [0.1, 0.15) is 5.82 Å². The lowest BCUT2D eigenvalue weighted by Gasteiger charge is -2.18. The zero-order chi connectivity index (χ0) is 19.7. The van der Waals surface area contributed by atoms with Crippen molar-refractivity contribution in [3.8, 4) is 0 Å². The van der Waals surface area contributed by atoms with Crippen LogP contribution in [0, 0.1) is 5.82 Å². The Hall–Kier alpha value is -2.25. The summed E-state index contributed by atoms with van der Waals surface area (Å²) in [5, 5.41) is 0. The molecule has 1 N–H and O–H groups in total. The van der Waals surface area contributed by atoms with Crippen LogP contribution < -0.4 is 9.62 Å². The normalized spacial score (nSPS) is 17.1. The van der Waals surface area contributed by atoms with E-state index in [1.165, 1.54) is 12.1 Å². The maximum Gasteiger partial charge on any atom is 0.240 e. The number of nitrogens with one attached hydrogen (secondary N) is 1. The van der Waals surface area contributed by atoms with Gasteiger partial charge in [-0.05, 0) is 60.7 Å². The molecule has 1 aliphatic heterocycles. The van der Waals surface area contributed by atoms with Crippen molar-refractivity contribution in [2.45, 2.75) is 49.5 Å². The molecule has 1 heterocycles. The van der Waals surface area contributed by atoms with Crippen LogP contribution in [0.5, 0.6) is 0 Å². The molecule has 7 heteroatoms. The van der Waals surface area contributed by atoms with Crippen LogP contribution in [-0.2, 0) is 27.7 Å². The monoisotopic (exact) mass is 402 g/mol. The minimum Gasteiger partial charge on any atom is -0.312 e. The highest BCUT2D eigenvalue weighted by Crippen LogP contribution is 2.31. The van der Waals surface area contributed by atoms with E-state index in [9.17, 15) is 17.6 Å². The maximum atomic E-state index is 13.0. The fourth-order valence-corrected chi connectivity index (χ4v) is 5.36. The average Bonchev–Trinajstić information content (AvgIpc) is 3.32. The summed E-state index contributed by atoms with van der Waals surface area (Å²) in [6.45, 7) is 0.523. The summed E-state index contributed by atoms with van der Waals surface area (Å²) in [7, 11) is -3.54. The number of carbonyl (C=O) groups excluding carboxylic acids is 1. The number of hydrogen-bond acceptors (Lipinski definition) is 3. The van der Waals surface area contributed by atoms with Gasteiger partial charge in [-0.2, -0.15) is 0 Å². The lowest BCUT2D eigenvalue weighted by molar-refractivity contribution is -0.117. The van der Waals surface area contributed by atoms with Crippen LogP contribution in [0.1, 0.15) is 36.8 Å². The minimum absolute atomic E-state index is 0.0204. The summed E-state index contributed by atoms with van der Waals surface area (Å²) < 4.78 is 41.1. The smallest absolute Gasteiger partial charge is 0.240 e. The molecule has 148 valence electrons. The van der Waals surface area contributed by atoms with Crippen LogP contribution in [0.2, 0.25) is 0 Å². The van der Waals surface area contributed by atoms with Crippen molar-refractivity contribution in [3.63, 3.8) is 0 Å². The molecule has 0 saturated heterocycles. The Morgan fingerprint density at radius 1 is 1.11 bits per heavy atom. The van der Waals surface area contributed by atoms with Crippen LogP contribution in [0.25, 0.3) is 0 Å². The van der Waals surface area contributed by atoms with Crippen molar-refractivity contribution >= 4 is 21.6 Å². The Kier molecular flexibility index (Phi) is 5.21. The summed E-state index contributed by atoms with van der Waals surface area (Å²) in [6, 6.07) is 10.9. The van der Waals surface area contributed by atoms with Crippen molar-refractivity contribution in [2.24, 2.45) is 0 Å². The van der Waals surface area contributed by atoms with E-state index >= 15 is 0 Å². The fraction of sp³-hybridized carbons (Fsp3) is 0.381. The van der Waals surface area contributed by atoms with E-state index in [1.807, 2.05) is 0 Å². The van der Waals surface area contributed by atoms with Gasteiger partial charge in [0, 0.05) is 18.3 Å². The zero-order valence-corrected chi connectivity index (χ0v) is 16.3. The second kappa shape index (κ2) is 7.64. The van der Waals surface area contributed by atoms with Crippen molar-refractivity contribution in [1.29, 1.82) is 0 Å². The molecule has 0 aromatic heterocycles. The number of rotatable bonds is 5. The molecule has 1 saturated carbocycles. The van der Waals surface area contributed by atoms with E-state index in [2.05, 4.69) is 4.72 Å². The standard InChI is InChI=1S/C21H23FN2O3S/c22-17-7-5-15(6-8-17)13-21(25)24-12-11-16-14-19(9-10-20(16)24)28(26,27)23-18-3-1-2-4-18/h5-10,14,18,23H,1-4,11-13H2. The molecular formula is C21H23FN2O3S. The number of carbonyl (C=O) groups is 1. The van der Waals surface area contributed by atoms with Gasteiger partial charge in [0.2, 0.25) is 15.9 Å². The molecule has 0 bridgehead atoms. The van der Waals surface area contributed by atoms with E-state index in [-0.39, 0.29) is 29.1 Å². The first kappa shape index (κ1) is 19.1. The summed E-state index contributed by atoms with van der Waals surface area (Å²) in [4.78, 5) is 14.6. The Morgan fingerprint density at radius 2 is 1.82 bits per heavy atom. The second-order valence-corrected chi connectivity index (χ2v) is 9.21. The van der Waals surface area contributed by atoms with Gasteiger partial charge in [-0.3, -0.25) is 4.79 Å². The molecule has 0 radical (unpaired) electrons. The topological polar surface area (TPSA) is 66.5 Å². The number of benzene rings is 2.